The molecule has 25 heavy (non-hydrogen) atoms. The summed E-state index contributed by atoms with van der Waals surface area (Å²) in [4.78, 5) is 12.6. The number of benzene rings is 3. The van der Waals surface area contributed by atoms with Gasteiger partial charge in [0.05, 0.1) is 30.5 Å². The number of phenolic OH excluding ortho intramolecular Hbond substituents is 1. The van der Waals surface area contributed by atoms with E-state index in [2.05, 4.69) is 5.32 Å². The van der Waals surface area contributed by atoms with Crippen LogP contribution in [0.5, 0.6) is 17.2 Å². The first-order chi connectivity index (χ1) is 12.0. The Morgan fingerprint density at radius 2 is 1.76 bits per heavy atom. The molecule has 0 bridgehead atoms. The number of aromatic hydroxyl groups is 1. The molecule has 0 heterocycles. The van der Waals surface area contributed by atoms with Crippen molar-refractivity contribution >= 4 is 34.0 Å². The average molecular weight is 358 g/mol. The van der Waals surface area contributed by atoms with Crippen LogP contribution in [-0.2, 0) is 0 Å². The maximum Gasteiger partial charge on any atom is 0.259 e. The predicted molar refractivity (Wildman–Crippen MR) is 98.1 cm³/mol. The van der Waals surface area contributed by atoms with Crippen molar-refractivity contribution in [2.24, 2.45) is 0 Å². The van der Waals surface area contributed by atoms with Gasteiger partial charge in [0.1, 0.15) is 17.2 Å². The maximum atomic E-state index is 12.6. The first kappa shape index (κ1) is 16.9. The van der Waals surface area contributed by atoms with Gasteiger partial charge in [-0.05, 0) is 11.5 Å². The number of methoxy groups -OCH3 is 2. The molecule has 128 valence electrons. The number of amides is 1. The van der Waals surface area contributed by atoms with Crippen molar-refractivity contribution in [2.45, 2.75) is 0 Å². The van der Waals surface area contributed by atoms with E-state index in [0.717, 1.165) is 5.39 Å². The van der Waals surface area contributed by atoms with Gasteiger partial charge in [-0.3, -0.25) is 4.79 Å². The quantitative estimate of drug-likeness (QED) is 0.723. The number of halogens is 1. The predicted octanol–water partition coefficient (Wildman–Crippen LogP) is 4.47. The van der Waals surface area contributed by atoms with E-state index < -0.39 is 5.91 Å². The van der Waals surface area contributed by atoms with Crippen molar-refractivity contribution in [3.63, 3.8) is 0 Å². The van der Waals surface area contributed by atoms with Crippen LogP contribution in [0.3, 0.4) is 0 Å². The number of nitrogens with one attached hydrogen (secondary N) is 1. The zero-order valence-corrected chi connectivity index (χ0v) is 14.4. The summed E-state index contributed by atoms with van der Waals surface area (Å²) in [5.41, 5.74) is 0.552. The maximum absolute atomic E-state index is 12.6. The van der Waals surface area contributed by atoms with Crippen molar-refractivity contribution in [1.82, 2.24) is 0 Å². The van der Waals surface area contributed by atoms with Gasteiger partial charge in [-0.2, -0.15) is 0 Å². The Bertz CT molecular complexity index is 956. The van der Waals surface area contributed by atoms with Crippen LogP contribution in [0, 0.1) is 0 Å². The van der Waals surface area contributed by atoms with E-state index in [1.807, 2.05) is 12.1 Å². The van der Waals surface area contributed by atoms with Crippen LogP contribution in [0.25, 0.3) is 10.8 Å². The fourth-order valence-electron chi connectivity index (χ4n) is 2.59. The van der Waals surface area contributed by atoms with Crippen LogP contribution in [0.1, 0.15) is 10.4 Å². The fraction of sp³-hybridized carbons (Fsp3) is 0.105. The van der Waals surface area contributed by atoms with Crippen LogP contribution >= 0.6 is 11.6 Å². The molecule has 1 amide bonds. The molecule has 0 radical (unpaired) electrons. The summed E-state index contributed by atoms with van der Waals surface area (Å²) < 4.78 is 10.4. The smallest absolute Gasteiger partial charge is 0.259 e. The number of fused-ring (bicyclic) bond motifs is 1. The fourth-order valence-corrected chi connectivity index (χ4v) is 2.82. The molecule has 0 aliphatic rings. The molecule has 0 aliphatic carbocycles. The molecular weight excluding hydrogens is 342 g/mol. The first-order valence-corrected chi connectivity index (χ1v) is 7.86. The van der Waals surface area contributed by atoms with Crippen LogP contribution in [0.15, 0.2) is 48.5 Å². The van der Waals surface area contributed by atoms with Crippen LogP contribution in [0.4, 0.5) is 5.69 Å². The standard InChI is InChI=1S/C19H16ClNO4/c1-24-16-10-15(17(25-2)9-14(16)20)21-19(23)13-8-7-11-5-3-4-6-12(11)18(13)22/h3-10,22H,1-2H3,(H,21,23). The van der Waals surface area contributed by atoms with Gasteiger partial charge in [0.15, 0.2) is 0 Å². The highest BCUT2D eigenvalue weighted by atomic mass is 35.5. The third kappa shape index (κ3) is 3.19. The molecule has 0 unspecified atom stereocenters. The SMILES string of the molecule is COc1cc(NC(=O)c2ccc3ccccc3c2O)c(OC)cc1Cl. The second-order valence-corrected chi connectivity index (χ2v) is 5.73. The summed E-state index contributed by atoms with van der Waals surface area (Å²) in [6.07, 6.45) is 0. The van der Waals surface area contributed by atoms with Crippen molar-refractivity contribution < 1.29 is 19.4 Å². The number of ether oxygens (including phenoxy) is 2. The second-order valence-electron chi connectivity index (χ2n) is 5.32. The molecule has 3 rings (SSSR count). The Kier molecular flexibility index (Phi) is 4.67. The third-order valence-corrected chi connectivity index (χ3v) is 4.16. The minimum Gasteiger partial charge on any atom is -0.506 e. The first-order valence-electron chi connectivity index (χ1n) is 7.48. The Hall–Kier alpha value is -2.92. The molecule has 0 fully saturated rings. The number of carbonyl (C=O) groups is 1. The number of rotatable bonds is 4. The van der Waals surface area contributed by atoms with E-state index in [1.54, 1.807) is 36.4 Å². The lowest BCUT2D eigenvalue weighted by Gasteiger charge is -2.14. The third-order valence-electron chi connectivity index (χ3n) is 3.87. The van der Waals surface area contributed by atoms with Crippen molar-refractivity contribution in [3.05, 3.63) is 59.1 Å². The topological polar surface area (TPSA) is 67.8 Å². The molecule has 5 nitrogen and oxygen atoms in total. The number of anilines is 1. The summed E-state index contributed by atoms with van der Waals surface area (Å²) in [6, 6.07) is 13.8. The summed E-state index contributed by atoms with van der Waals surface area (Å²) in [7, 11) is 2.95. The lowest BCUT2D eigenvalue weighted by atomic mass is 10.0. The van der Waals surface area contributed by atoms with Crippen molar-refractivity contribution in [3.8, 4) is 17.2 Å². The van der Waals surface area contributed by atoms with Crippen molar-refractivity contribution in [1.29, 1.82) is 0 Å². The summed E-state index contributed by atoms with van der Waals surface area (Å²) in [6.45, 7) is 0. The lowest BCUT2D eigenvalue weighted by molar-refractivity contribution is 0.102. The lowest BCUT2D eigenvalue weighted by Crippen LogP contribution is -2.13. The van der Waals surface area contributed by atoms with E-state index in [9.17, 15) is 9.90 Å². The van der Waals surface area contributed by atoms with E-state index >= 15 is 0 Å². The molecule has 0 aromatic heterocycles. The van der Waals surface area contributed by atoms with E-state index in [1.165, 1.54) is 14.2 Å². The van der Waals surface area contributed by atoms with E-state index in [-0.39, 0.29) is 11.3 Å². The second kappa shape index (κ2) is 6.91. The van der Waals surface area contributed by atoms with Crippen LogP contribution < -0.4 is 14.8 Å². The zero-order valence-electron chi connectivity index (χ0n) is 13.7. The molecule has 0 saturated heterocycles. The largest absolute Gasteiger partial charge is 0.506 e. The molecular formula is C19H16ClNO4. The summed E-state index contributed by atoms with van der Waals surface area (Å²) in [5.74, 6) is 0.251. The molecule has 2 N–H and O–H groups in total. The van der Waals surface area contributed by atoms with E-state index in [4.69, 9.17) is 21.1 Å². The van der Waals surface area contributed by atoms with Crippen LogP contribution in [-0.4, -0.2) is 25.2 Å². The van der Waals surface area contributed by atoms with Gasteiger partial charge in [-0.1, -0.05) is 41.9 Å². The molecule has 0 spiro atoms. The van der Waals surface area contributed by atoms with Gasteiger partial charge in [0.25, 0.3) is 5.91 Å². The van der Waals surface area contributed by atoms with Gasteiger partial charge in [0.2, 0.25) is 0 Å². The summed E-state index contributed by atoms with van der Waals surface area (Å²) >= 11 is 6.07. The molecule has 0 atom stereocenters. The summed E-state index contributed by atoms with van der Waals surface area (Å²) in [5, 5.41) is 15.0. The molecule has 0 saturated carbocycles. The van der Waals surface area contributed by atoms with Gasteiger partial charge in [-0.25, -0.2) is 0 Å². The van der Waals surface area contributed by atoms with Crippen molar-refractivity contribution in [2.75, 3.05) is 19.5 Å². The minimum atomic E-state index is -0.467. The number of hydrogen-bond acceptors (Lipinski definition) is 4. The Morgan fingerprint density at radius 3 is 2.48 bits per heavy atom. The number of phenols is 1. The highest BCUT2D eigenvalue weighted by Gasteiger charge is 2.17. The number of carbonyl (C=O) groups excluding carboxylic acids is 1. The highest BCUT2D eigenvalue weighted by molar-refractivity contribution is 6.32. The number of hydrogen-bond donors (Lipinski definition) is 2. The minimum absolute atomic E-state index is 0.0736. The van der Waals surface area contributed by atoms with Gasteiger partial charge >= 0.3 is 0 Å². The van der Waals surface area contributed by atoms with Crippen LogP contribution in [0.2, 0.25) is 5.02 Å². The average Bonchev–Trinajstić information content (AvgIpc) is 2.63. The molecule has 3 aromatic carbocycles. The van der Waals surface area contributed by atoms with Gasteiger partial charge in [0, 0.05) is 17.5 Å². The van der Waals surface area contributed by atoms with Gasteiger partial charge in [-0.15, -0.1) is 0 Å². The normalized spacial score (nSPS) is 10.5. The molecule has 6 heteroatoms. The Balaban J connectivity index is 1.99. The Labute approximate surface area is 149 Å². The van der Waals surface area contributed by atoms with E-state index in [0.29, 0.717) is 27.6 Å². The monoisotopic (exact) mass is 357 g/mol. The van der Waals surface area contributed by atoms with Gasteiger partial charge < -0.3 is 19.9 Å². The molecule has 0 aliphatic heterocycles. The highest BCUT2D eigenvalue weighted by Crippen LogP contribution is 2.37. The molecule has 3 aromatic rings. The zero-order chi connectivity index (χ0) is 18.0. The Morgan fingerprint density at radius 1 is 1.04 bits per heavy atom.